The molecule has 4 heteroatoms. The minimum Gasteiger partial charge on any atom is -0.343 e. The van der Waals surface area contributed by atoms with Gasteiger partial charge in [-0.3, -0.25) is 0 Å². The average molecular weight is 284 g/mol. The van der Waals surface area contributed by atoms with Gasteiger partial charge in [-0.2, -0.15) is 0 Å². The van der Waals surface area contributed by atoms with E-state index in [-0.39, 0.29) is 0 Å². The molecule has 3 rings (SSSR count). The van der Waals surface area contributed by atoms with Gasteiger partial charge in [-0.15, -0.1) is 0 Å². The molecule has 0 aliphatic heterocycles. The molecule has 0 unspecified atom stereocenters. The topological polar surface area (TPSA) is 32.3 Å². The number of aromatic nitrogens is 2. The predicted molar refractivity (Wildman–Crippen MR) is 88.1 cm³/mol. The summed E-state index contributed by atoms with van der Waals surface area (Å²) in [5.41, 5.74) is 5.14. The van der Waals surface area contributed by atoms with Gasteiger partial charge in [0.25, 0.3) is 0 Å². The molecule has 1 aromatic heterocycles. The highest BCUT2D eigenvalue weighted by atomic mass is 15.2. The molecule has 2 aromatic rings. The molecular formula is C17H24N4. The fourth-order valence-electron chi connectivity index (χ4n) is 2.96. The number of fused-ring (bicyclic) bond motifs is 2. The van der Waals surface area contributed by atoms with E-state index in [4.69, 9.17) is 9.97 Å². The summed E-state index contributed by atoms with van der Waals surface area (Å²) in [5.74, 6) is 0.833. The fourth-order valence-corrected chi connectivity index (χ4v) is 2.96. The van der Waals surface area contributed by atoms with E-state index in [9.17, 15) is 0 Å². The Labute approximate surface area is 126 Å². The van der Waals surface area contributed by atoms with Gasteiger partial charge in [0.2, 0.25) is 5.95 Å². The average Bonchev–Trinajstić information content (AvgIpc) is 2.89. The zero-order valence-electron chi connectivity index (χ0n) is 13.5. The van der Waals surface area contributed by atoms with E-state index in [0.717, 1.165) is 30.2 Å². The molecule has 0 bridgehead atoms. The van der Waals surface area contributed by atoms with Crippen LogP contribution in [0.25, 0.3) is 10.9 Å². The Morgan fingerprint density at radius 3 is 2.43 bits per heavy atom. The third-order valence-corrected chi connectivity index (χ3v) is 4.31. The first kappa shape index (κ1) is 14.3. The van der Waals surface area contributed by atoms with Crippen molar-refractivity contribution in [1.82, 2.24) is 14.9 Å². The molecule has 0 atom stereocenters. The largest absolute Gasteiger partial charge is 0.343 e. The molecule has 4 nitrogen and oxygen atoms in total. The van der Waals surface area contributed by atoms with Crippen molar-refractivity contribution in [3.05, 3.63) is 29.0 Å². The number of likely N-dealkylation sites (N-methyl/N-ethyl adjacent to an activating group) is 2. The minimum absolute atomic E-state index is 0.833. The fraction of sp³-hybridized carbons (Fsp3) is 0.529. The molecule has 0 saturated carbocycles. The minimum atomic E-state index is 0.833. The van der Waals surface area contributed by atoms with Crippen molar-refractivity contribution in [2.75, 3.05) is 39.1 Å². The standard InChI is InChI=1S/C17H24N4/c1-12-15-10-13-6-5-7-14(13)11-16(15)19-17(18-12)21(4)9-8-20(2)3/h10-11H,5-9H2,1-4H3. The monoisotopic (exact) mass is 284 g/mol. The van der Waals surface area contributed by atoms with Crippen LogP contribution in [0.2, 0.25) is 0 Å². The number of hydrogen-bond acceptors (Lipinski definition) is 4. The van der Waals surface area contributed by atoms with Crippen LogP contribution in [-0.2, 0) is 12.8 Å². The molecule has 1 aliphatic rings. The molecule has 0 radical (unpaired) electrons. The summed E-state index contributed by atoms with van der Waals surface area (Å²) in [5, 5.41) is 1.21. The van der Waals surface area contributed by atoms with Crippen LogP contribution in [0.4, 0.5) is 5.95 Å². The first-order valence-electron chi connectivity index (χ1n) is 7.70. The van der Waals surface area contributed by atoms with E-state index < -0.39 is 0 Å². The number of benzene rings is 1. The van der Waals surface area contributed by atoms with Crippen LogP contribution in [0.15, 0.2) is 12.1 Å². The first-order chi connectivity index (χ1) is 10.0. The maximum atomic E-state index is 4.79. The summed E-state index contributed by atoms with van der Waals surface area (Å²) < 4.78 is 0. The molecular weight excluding hydrogens is 260 g/mol. The predicted octanol–water partition coefficient (Wildman–Crippen LogP) is 2.42. The first-order valence-corrected chi connectivity index (χ1v) is 7.70. The van der Waals surface area contributed by atoms with Crippen molar-refractivity contribution in [2.24, 2.45) is 0 Å². The van der Waals surface area contributed by atoms with Gasteiger partial charge in [-0.25, -0.2) is 9.97 Å². The van der Waals surface area contributed by atoms with Gasteiger partial charge in [0, 0.05) is 25.5 Å². The van der Waals surface area contributed by atoms with E-state index in [2.05, 4.69) is 50.0 Å². The van der Waals surface area contributed by atoms with E-state index in [1.54, 1.807) is 0 Å². The lowest BCUT2D eigenvalue weighted by Gasteiger charge is -2.20. The SMILES string of the molecule is Cc1nc(N(C)CCN(C)C)nc2cc3c(cc12)CCC3. The number of nitrogens with zero attached hydrogens (tertiary/aromatic N) is 4. The number of hydrogen-bond donors (Lipinski definition) is 0. The molecule has 0 N–H and O–H groups in total. The van der Waals surface area contributed by atoms with Crippen molar-refractivity contribution in [3.63, 3.8) is 0 Å². The van der Waals surface area contributed by atoms with Crippen LogP contribution >= 0.6 is 0 Å². The van der Waals surface area contributed by atoms with Crippen LogP contribution < -0.4 is 4.90 Å². The number of aryl methyl sites for hydroxylation is 3. The molecule has 1 heterocycles. The third-order valence-electron chi connectivity index (χ3n) is 4.31. The summed E-state index contributed by atoms with van der Waals surface area (Å²) in [6, 6.07) is 4.58. The Bertz CT molecular complexity index is 663. The number of anilines is 1. The van der Waals surface area contributed by atoms with E-state index in [1.165, 1.54) is 35.8 Å². The Balaban J connectivity index is 1.96. The van der Waals surface area contributed by atoms with Crippen molar-refractivity contribution in [1.29, 1.82) is 0 Å². The third kappa shape index (κ3) is 2.86. The van der Waals surface area contributed by atoms with Crippen LogP contribution in [0.5, 0.6) is 0 Å². The maximum absolute atomic E-state index is 4.79. The molecule has 0 spiro atoms. The van der Waals surface area contributed by atoms with E-state index in [1.807, 2.05) is 0 Å². The highest BCUT2D eigenvalue weighted by Gasteiger charge is 2.15. The van der Waals surface area contributed by atoms with Crippen molar-refractivity contribution in [2.45, 2.75) is 26.2 Å². The Kier molecular flexibility index (Phi) is 3.81. The highest BCUT2D eigenvalue weighted by Crippen LogP contribution is 2.28. The van der Waals surface area contributed by atoms with Gasteiger partial charge in [0.1, 0.15) is 0 Å². The smallest absolute Gasteiger partial charge is 0.225 e. The summed E-state index contributed by atoms with van der Waals surface area (Å²) >= 11 is 0. The maximum Gasteiger partial charge on any atom is 0.225 e. The zero-order chi connectivity index (χ0) is 15.0. The molecule has 21 heavy (non-hydrogen) atoms. The zero-order valence-corrected chi connectivity index (χ0v) is 13.5. The van der Waals surface area contributed by atoms with Crippen LogP contribution in [0.3, 0.4) is 0 Å². The van der Waals surface area contributed by atoms with Gasteiger partial charge in [-0.1, -0.05) is 0 Å². The Hall–Kier alpha value is -1.68. The molecule has 0 saturated heterocycles. The lowest BCUT2D eigenvalue weighted by molar-refractivity contribution is 0.415. The van der Waals surface area contributed by atoms with Gasteiger partial charge in [0.15, 0.2) is 0 Å². The van der Waals surface area contributed by atoms with Gasteiger partial charge >= 0.3 is 0 Å². The van der Waals surface area contributed by atoms with Crippen molar-refractivity contribution >= 4 is 16.9 Å². The van der Waals surface area contributed by atoms with E-state index >= 15 is 0 Å². The summed E-state index contributed by atoms with van der Waals surface area (Å²) in [7, 11) is 6.24. The second-order valence-electron chi connectivity index (χ2n) is 6.33. The lowest BCUT2D eigenvalue weighted by Crippen LogP contribution is -2.29. The molecule has 0 amide bonds. The Morgan fingerprint density at radius 1 is 1.00 bits per heavy atom. The van der Waals surface area contributed by atoms with Crippen LogP contribution in [0, 0.1) is 6.92 Å². The molecule has 1 aromatic carbocycles. The highest BCUT2D eigenvalue weighted by molar-refractivity contribution is 5.83. The summed E-state index contributed by atoms with van der Waals surface area (Å²) in [6.07, 6.45) is 3.67. The quantitative estimate of drug-likeness (QED) is 0.863. The van der Waals surface area contributed by atoms with Crippen LogP contribution in [-0.4, -0.2) is 49.1 Å². The second kappa shape index (κ2) is 5.60. The van der Waals surface area contributed by atoms with Crippen molar-refractivity contribution in [3.8, 4) is 0 Å². The molecule has 112 valence electrons. The van der Waals surface area contributed by atoms with Gasteiger partial charge in [0.05, 0.1) is 11.2 Å². The molecule has 0 fully saturated rings. The van der Waals surface area contributed by atoms with Gasteiger partial charge < -0.3 is 9.80 Å². The van der Waals surface area contributed by atoms with E-state index in [0.29, 0.717) is 0 Å². The molecule has 1 aliphatic carbocycles. The van der Waals surface area contributed by atoms with Crippen molar-refractivity contribution < 1.29 is 0 Å². The summed E-state index contributed by atoms with van der Waals surface area (Å²) in [6.45, 7) is 4.03. The lowest BCUT2D eigenvalue weighted by atomic mass is 10.1. The van der Waals surface area contributed by atoms with Gasteiger partial charge in [-0.05, 0) is 63.5 Å². The van der Waals surface area contributed by atoms with Crippen LogP contribution in [0.1, 0.15) is 23.2 Å². The normalized spacial score (nSPS) is 14.0. The Morgan fingerprint density at radius 2 is 1.71 bits per heavy atom. The second-order valence-corrected chi connectivity index (χ2v) is 6.33. The summed E-state index contributed by atoms with van der Waals surface area (Å²) in [4.78, 5) is 13.8. The number of rotatable bonds is 4.